The first kappa shape index (κ1) is 13.1. The Morgan fingerprint density at radius 3 is 2.67 bits per heavy atom. The van der Waals surface area contributed by atoms with Crippen molar-refractivity contribution >= 4 is 15.9 Å². The predicted molar refractivity (Wildman–Crippen MR) is 74.1 cm³/mol. The van der Waals surface area contributed by atoms with Crippen LogP contribution in [-0.4, -0.2) is 14.9 Å². The maximum absolute atomic E-state index is 12.2. The Morgan fingerprint density at radius 2 is 2.17 bits per heavy atom. The van der Waals surface area contributed by atoms with E-state index in [0.717, 1.165) is 15.9 Å². The van der Waals surface area contributed by atoms with Crippen LogP contribution in [0.25, 0.3) is 5.69 Å². The van der Waals surface area contributed by atoms with Crippen LogP contribution in [0.2, 0.25) is 0 Å². The Labute approximate surface area is 113 Å². The van der Waals surface area contributed by atoms with Crippen LogP contribution in [0.3, 0.4) is 0 Å². The van der Waals surface area contributed by atoms with Gasteiger partial charge in [0, 0.05) is 10.2 Å². The molecule has 0 aliphatic rings. The average Bonchev–Trinajstić information content (AvgIpc) is 2.66. The number of aromatic amines is 1. The molecule has 0 aliphatic carbocycles. The smallest absolute Gasteiger partial charge is 0.277 e. The summed E-state index contributed by atoms with van der Waals surface area (Å²) in [4.78, 5) is 12.2. The van der Waals surface area contributed by atoms with Gasteiger partial charge in [-0.25, -0.2) is 4.68 Å². The van der Waals surface area contributed by atoms with Crippen molar-refractivity contribution in [3.05, 3.63) is 50.3 Å². The van der Waals surface area contributed by atoms with Crippen LogP contribution in [0.5, 0.6) is 0 Å². The lowest BCUT2D eigenvalue weighted by molar-refractivity contribution is 0.279. The van der Waals surface area contributed by atoms with Crippen LogP contribution in [0.1, 0.15) is 31.0 Å². The molecular weight excluding hydrogens is 296 g/mol. The lowest BCUT2D eigenvalue weighted by Crippen LogP contribution is -2.17. The second-order valence-electron chi connectivity index (χ2n) is 4.44. The van der Waals surface area contributed by atoms with E-state index in [1.807, 2.05) is 38.1 Å². The van der Waals surface area contributed by atoms with Gasteiger partial charge in [0.2, 0.25) is 0 Å². The van der Waals surface area contributed by atoms with Crippen LogP contribution in [0, 0.1) is 0 Å². The second kappa shape index (κ2) is 5.12. The highest BCUT2D eigenvalue weighted by atomic mass is 79.9. The van der Waals surface area contributed by atoms with Crippen molar-refractivity contribution < 1.29 is 5.11 Å². The molecule has 0 saturated carbocycles. The Bertz CT molecular complexity index is 614. The van der Waals surface area contributed by atoms with E-state index in [9.17, 15) is 9.90 Å². The number of nitrogens with one attached hydrogen (secondary N) is 1. The molecule has 1 aromatic heterocycles. The molecule has 4 nitrogen and oxygen atoms in total. The van der Waals surface area contributed by atoms with E-state index in [4.69, 9.17) is 0 Å². The van der Waals surface area contributed by atoms with E-state index in [0.29, 0.717) is 5.56 Å². The summed E-state index contributed by atoms with van der Waals surface area (Å²) in [5, 5.41) is 12.4. The summed E-state index contributed by atoms with van der Waals surface area (Å²) < 4.78 is 2.36. The minimum atomic E-state index is -0.246. The number of aliphatic hydroxyl groups excluding tert-OH is 1. The summed E-state index contributed by atoms with van der Waals surface area (Å²) in [5.41, 5.74) is 1.77. The van der Waals surface area contributed by atoms with E-state index in [1.165, 1.54) is 4.68 Å². The van der Waals surface area contributed by atoms with Gasteiger partial charge in [-0.3, -0.25) is 9.89 Å². The minimum absolute atomic E-state index is 0.160. The van der Waals surface area contributed by atoms with Crippen molar-refractivity contribution in [2.45, 2.75) is 26.4 Å². The van der Waals surface area contributed by atoms with E-state index in [2.05, 4.69) is 21.0 Å². The number of aliphatic hydroxyl groups is 1. The number of nitrogens with zero attached hydrogens (tertiary/aromatic N) is 1. The van der Waals surface area contributed by atoms with Crippen LogP contribution < -0.4 is 5.56 Å². The number of aromatic nitrogens is 2. The van der Waals surface area contributed by atoms with E-state index in [-0.39, 0.29) is 18.1 Å². The van der Waals surface area contributed by atoms with Gasteiger partial charge in [0.05, 0.1) is 17.9 Å². The molecule has 0 bridgehead atoms. The summed E-state index contributed by atoms with van der Waals surface area (Å²) in [5.74, 6) is 0.160. The molecule has 0 saturated heterocycles. The Hall–Kier alpha value is -1.33. The Morgan fingerprint density at radius 1 is 1.44 bits per heavy atom. The molecule has 0 spiro atoms. The van der Waals surface area contributed by atoms with Crippen LogP contribution in [-0.2, 0) is 6.61 Å². The van der Waals surface area contributed by atoms with Crippen molar-refractivity contribution in [1.29, 1.82) is 0 Å². The number of rotatable bonds is 3. The van der Waals surface area contributed by atoms with Crippen LogP contribution >= 0.6 is 15.9 Å². The van der Waals surface area contributed by atoms with Gasteiger partial charge < -0.3 is 5.11 Å². The SMILES string of the molecule is CC(C)c1[nH]n(-c2cccc(Br)c2)c(=O)c1CO. The summed E-state index contributed by atoms with van der Waals surface area (Å²) in [6.45, 7) is 3.72. The molecule has 2 N–H and O–H groups in total. The summed E-state index contributed by atoms with van der Waals surface area (Å²) in [6.07, 6.45) is 0. The molecule has 0 amide bonds. The largest absolute Gasteiger partial charge is 0.391 e. The van der Waals surface area contributed by atoms with Gasteiger partial charge in [-0.1, -0.05) is 35.8 Å². The molecule has 0 unspecified atom stereocenters. The summed E-state index contributed by atoms with van der Waals surface area (Å²) >= 11 is 3.38. The van der Waals surface area contributed by atoms with Gasteiger partial charge in [-0.2, -0.15) is 0 Å². The molecule has 0 fully saturated rings. The van der Waals surface area contributed by atoms with Crippen molar-refractivity contribution in [1.82, 2.24) is 9.78 Å². The van der Waals surface area contributed by atoms with Gasteiger partial charge >= 0.3 is 0 Å². The molecule has 0 atom stereocenters. The highest BCUT2D eigenvalue weighted by Gasteiger charge is 2.16. The highest BCUT2D eigenvalue weighted by molar-refractivity contribution is 9.10. The number of H-pyrrole nitrogens is 1. The van der Waals surface area contributed by atoms with Crippen molar-refractivity contribution in [3.63, 3.8) is 0 Å². The van der Waals surface area contributed by atoms with Crippen molar-refractivity contribution in [2.24, 2.45) is 0 Å². The summed E-state index contributed by atoms with van der Waals surface area (Å²) in [7, 11) is 0. The maximum atomic E-state index is 12.2. The number of benzene rings is 1. The van der Waals surface area contributed by atoms with E-state index >= 15 is 0 Å². The van der Waals surface area contributed by atoms with Gasteiger partial charge in [-0.15, -0.1) is 0 Å². The third-order valence-electron chi connectivity index (χ3n) is 2.82. The quantitative estimate of drug-likeness (QED) is 0.915. The van der Waals surface area contributed by atoms with E-state index < -0.39 is 0 Å². The number of halogens is 1. The Balaban J connectivity index is 2.63. The maximum Gasteiger partial charge on any atom is 0.277 e. The van der Waals surface area contributed by atoms with Gasteiger partial charge in [0.1, 0.15) is 0 Å². The predicted octanol–water partition coefficient (Wildman–Crippen LogP) is 2.54. The number of hydrogen-bond donors (Lipinski definition) is 2. The minimum Gasteiger partial charge on any atom is -0.391 e. The molecule has 0 radical (unpaired) electrons. The van der Waals surface area contributed by atoms with Crippen molar-refractivity contribution in [2.75, 3.05) is 0 Å². The molecule has 2 rings (SSSR count). The standard InChI is InChI=1S/C13H15BrN2O2/c1-8(2)12-11(7-17)13(18)16(15-12)10-5-3-4-9(14)6-10/h3-6,8,15,17H,7H2,1-2H3. The first-order chi connectivity index (χ1) is 8.54. The molecule has 5 heteroatoms. The van der Waals surface area contributed by atoms with Gasteiger partial charge in [0.15, 0.2) is 0 Å². The normalized spacial score (nSPS) is 11.2. The van der Waals surface area contributed by atoms with Crippen molar-refractivity contribution in [3.8, 4) is 5.69 Å². The molecule has 18 heavy (non-hydrogen) atoms. The first-order valence-electron chi connectivity index (χ1n) is 5.75. The zero-order chi connectivity index (χ0) is 13.3. The average molecular weight is 311 g/mol. The monoisotopic (exact) mass is 310 g/mol. The fourth-order valence-corrected chi connectivity index (χ4v) is 2.30. The van der Waals surface area contributed by atoms with Gasteiger partial charge in [-0.05, 0) is 24.1 Å². The van der Waals surface area contributed by atoms with Gasteiger partial charge in [0.25, 0.3) is 5.56 Å². The summed E-state index contributed by atoms with van der Waals surface area (Å²) in [6, 6.07) is 7.45. The van der Waals surface area contributed by atoms with Crippen LogP contribution in [0.15, 0.2) is 33.5 Å². The zero-order valence-corrected chi connectivity index (χ0v) is 11.9. The fraction of sp³-hybridized carbons (Fsp3) is 0.308. The zero-order valence-electron chi connectivity index (χ0n) is 10.3. The molecule has 1 heterocycles. The molecule has 0 aliphatic heterocycles. The molecule has 2 aromatic rings. The topological polar surface area (TPSA) is 58.0 Å². The molecular formula is C13H15BrN2O2. The third kappa shape index (κ3) is 2.28. The number of hydrogen-bond acceptors (Lipinski definition) is 2. The lowest BCUT2D eigenvalue weighted by atomic mass is 10.1. The fourth-order valence-electron chi connectivity index (χ4n) is 1.92. The van der Waals surface area contributed by atoms with E-state index in [1.54, 1.807) is 0 Å². The highest BCUT2D eigenvalue weighted by Crippen LogP contribution is 2.18. The lowest BCUT2D eigenvalue weighted by Gasteiger charge is -2.04. The molecule has 1 aromatic carbocycles. The molecule has 96 valence electrons. The Kier molecular flexibility index (Phi) is 3.73. The second-order valence-corrected chi connectivity index (χ2v) is 5.35. The van der Waals surface area contributed by atoms with Crippen LogP contribution in [0.4, 0.5) is 0 Å². The third-order valence-corrected chi connectivity index (χ3v) is 3.31. The first-order valence-corrected chi connectivity index (χ1v) is 6.54.